The first-order chi connectivity index (χ1) is 12.6. The lowest BCUT2D eigenvalue weighted by Crippen LogP contribution is -2.40. The third-order valence-corrected chi connectivity index (χ3v) is 4.67. The maximum atomic E-state index is 12.7. The van der Waals surface area contributed by atoms with Crippen molar-refractivity contribution in [2.45, 2.75) is 25.0 Å². The third-order valence-electron chi connectivity index (χ3n) is 4.67. The fourth-order valence-corrected chi connectivity index (χ4v) is 3.17. The molecule has 3 N–H and O–H groups in total. The normalized spacial score (nSPS) is 22.9. The Balaban J connectivity index is 1.73. The molecule has 142 valence electrons. The lowest BCUT2D eigenvalue weighted by molar-refractivity contribution is -0.126. The zero-order valence-electron chi connectivity index (χ0n) is 14.9. The van der Waals surface area contributed by atoms with Crippen LogP contribution in [0.1, 0.15) is 23.2 Å². The minimum absolute atomic E-state index is 0.0816. The number of ether oxygens (including phenoxy) is 3. The highest BCUT2D eigenvalue weighted by molar-refractivity contribution is 5.99. The van der Waals surface area contributed by atoms with Crippen LogP contribution in [0.5, 0.6) is 5.75 Å². The van der Waals surface area contributed by atoms with Crippen LogP contribution in [0.2, 0.25) is 0 Å². The van der Waals surface area contributed by atoms with Gasteiger partial charge in [0.1, 0.15) is 11.9 Å². The molecule has 2 amide bonds. The van der Waals surface area contributed by atoms with Crippen LogP contribution in [0.3, 0.4) is 0 Å². The number of methoxy groups -OCH3 is 1. The summed E-state index contributed by atoms with van der Waals surface area (Å²) in [6, 6.07) is 5.02. The molecule has 2 fully saturated rings. The van der Waals surface area contributed by atoms with Crippen molar-refractivity contribution >= 4 is 17.5 Å². The van der Waals surface area contributed by atoms with Crippen LogP contribution >= 0.6 is 0 Å². The number of hydrogen-bond donors (Lipinski definition) is 2. The average Bonchev–Trinajstić information content (AvgIpc) is 3.17. The van der Waals surface area contributed by atoms with Gasteiger partial charge >= 0.3 is 0 Å². The van der Waals surface area contributed by atoms with Crippen LogP contribution < -0.4 is 15.8 Å². The Morgan fingerprint density at radius 3 is 2.73 bits per heavy atom. The van der Waals surface area contributed by atoms with Crippen molar-refractivity contribution in [3.63, 3.8) is 0 Å². The average molecular weight is 363 g/mol. The number of carbonyl (C=O) groups is 2. The van der Waals surface area contributed by atoms with Gasteiger partial charge in [-0.1, -0.05) is 0 Å². The molecule has 2 atom stereocenters. The molecule has 8 nitrogen and oxygen atoms in total. The van der Waals surface area contributed by atoms with Gasteiger partial charge < -0.3 is 30.2 Å². The largest absolute Gasteiger partial charge is 0.495 e. The summed E-state index contributed by atoms with van der Waals surface area (Å²) in [4.78, 5) is 26.9. The van der Waals surface area contributed by atoms with Crippen LogP contribution in [0, 0.1) is 0 Å². The smallest absolute Gasteiger partial charge is 0.254 e. The Bertz CT molecular complexity index is 660. The predicted molar refractivity (Wildman–Crippen MR) is 95.3 cm³/mol. The molecule has 0 aromatic heterocycles. The Morgan fingerprint density at radius 2 is 2.08 bits per heavy atom. The summed E-state index contributed by atoms with van der Waals surface area (Å²) in [5.41, 5.74) is 6.54. The fraction of sp³-hybridized carbons (Fsp3) is 0.556. The maximum Gasteiger partial charge on any atom is 0.254 e. The molecule has 1 aromatic rings. The number of carbonyl (C=O) groups excluding carboxylic acids is 2. The summed E-state index contributed by atoms with van der Waals surface area (Å²) in [6.45, 7) is 2.59. The van der Waals surface area contributed by atoms with Crippen LogP contribution in [0.25, 0.3) is 0 Å². The molecule has 2 aliphatic rings. The molecule has 2 aliphatic heterocycles. The molecular weight excluding hydrogens is 338 g/mol. The highest BCUT2D eigenvalue weighted by atomic mass is 16.5. The summed E-state index contributed by atoms with van der Waals surface area (Å²) in [5, 5.41) is 2.82. The van der Waals surface area contributed by atoms with Crippen molar-refractivity contribution < 1.29 is 23.8 Å². The Morgan fingerprint density at radius 1 is 1.31 bits per heavy atom. The number of nitrogens with zero attached hydrogens (tertiary/aromatic N) is 1. The number of amides is 2. The minimum Gasteiger partial charge on any atom is -0.495 e. The monoisotopic (exact) mass is 363 g/mol. The number of anilines is 1. The quantitative estimate of drug-likeness (QED) is 0.795. The van der Waals surface area contributed by atoms with Crippen molar-refractivity contribution in [1.82, 2.24) is 4.90 Å². The van der Waals surface area contributed by atoms with E-state index in [9.17, 15) is 9.59 Å². The van der Waals surface area contributed by atoms with E-state index < -0.39 is 6.10 Å². The van der Waals surface area contributed by atoms with E-state index in [1.807, 2.05) is 0 Å². The van der Waals surface area contributed by atoms with E-state index in [1.165, 1.54) is 7.11 Å². The molecule has 8 heteroatoms. The van der Waals surface area contributed by atoms with Crippen LogP contribution in [0.4, 0.5) is 5.69 Å². The van der Waals surface area contributed by atoms with Gasteiger partial charge in [0.15, 0.2) is 0 Å². The number of nitrogens with two attached hydrogens (primary N) is 1. The summed E-state index contributed by atoms with van der Waals surface area (Å²) in [5.74, 6) is 0.146. The molecule has 0 aliphatic carbocycles. The molecular formula is C18H25N3O5. The molecule has 26 heavy (non-hydrogen) atoms. The number of morpholine rings is 1. The van der Waals surface area contributed by atoms with E-state index in [1.54, 1.807) is 23.1 Å². The van der Waals surface area contributed by atoms with Crippen molar-refractivity contribution in [2.24, 2.45) is 5.73 Å². The van der Waals surface area contributed by atoms with Gasteiger partial charge in [-0.25, -0.2) is 0 Å². The SMILES string of the molecule is COc1ccc(C(=O)N2CCOCC2)cc1NC(=O)[C@@H]1CC[C@H](CN)O1. The van der Waals surface area contributed by atoms with Gasteiger partial charge in [-0.05, 0) is 31.0 Å². The second kappa shape index (κ2) is 8.48. The maximum absolute atomic E-state index is 12.7. The third kappa shape index (κ3) is 4.14. The highest BCUT2D eigenvalue weighted by Gasteiger charge is 2.30. The lowest BCUT2D eigenvalue weighted by atomic mass is 10.1. The van der Waals surface area contributed by atoms with Gasteiger partial charge in [-0.2, -0.15) is 0 Å². The van der Waals surface area contributed by atoms with Crippen molar-refractivity contribution in [1.29, 1.82) is 0 Å². The van der Waals surface area contributed by atoms with Gasteiger partial charge in [0, 0.05) is 25.2 Å². The number of rotatable bonds is 5. The van der Waals surface area contributed by atoms with E-state index in [0.29, 0.717) is 56.3 Å². The molecule has 0 saturated carbocycles. The molecule has 0 bridgehead atoms. The molecule has 3 rings (SSSR count). The molecule has 0 radical (unpaired) electrons. The van der Waals surface area contributed by atoms with Crippen molar-refractivity contribution in [3.05, 3.63) is 23.8 Å². The van der Waals surface area contributed by atoms with Crippen LogP contribution in [0.15, 0.2) is 18.2 Å². The van der Waals surface area contributed by atoms with Gasteiger partial charge in [-0.15, -0.1) is 0 Å². The van der Waals surface area contributed by atoms with Gasteiger partial charge in [-0.3, -0.25) is 9.59 Å². The minimum atomic E-state index is -0.535. The van der Waals surface area contributed by atoms with Crippen LogP contribution in [-0.4, -0.2) is 68.9 Å². The topological polar surface area (TPSA) is 103 Å². The summed E-state index contributed by atoms with van der Waals surface area (Å²) in [7, 11) is 1.52. The van der Waals surface area contributed by atoms with E-state index in [2.05, 4.69) is 5.32 Å². The molecule has 1 aromatic carbocycles. The van der Waals surface area contributed by atoms with E-state index >= 15 is 0 Å². The van der Waals surface area contributed by atoms with Gasteiger partial charge in [0.05, 0.1) is 32.1 Å². The Labute approximate surface area is 152 Å². The van der Waals surface area contributed by atoms with Crippen molar-refractivity contribution in [3.8, 4) is 5.75 Å². The standard InChI is InChI=1S/C18H25N3O5/c1-24-15-4-2-12(18(23)21-6-8-25-9-7-21)10-14(15)20-17(22)16-5-3-13(11-19)26-16/h2,4,10,13,16H,3,5-9,11,19H2,1H3,(H,20,22)/t13-,16+/m1/s1. The first-order valence-electron chi connectivity index (χ1n) is 8.84. The summed E-state index contributed by atoms with van der Waals surface area (Å²) in [6.07, 6.45) is 0.776. The van der Waals surface area contributed by atoms with Gasteiger partial charge in [0.25, 0.3) is 11.8 Å². The molecule has 0 unspecified atom stereocenters. The molecule has 2 heterocycles. The van der Waals surface area contributed by atoms with Crippen molar-refractivity contribution in [2.75, 3.05) is 45.3 Å². The summed E-state index contributed by atoms with van der Waals surface area (Å²) < 4.78 is 16.2. The zero-order chi connectivity index (χ0) is 18.5. The second-order valence-corrected chi connectivity index (χ2v) is 6.37. The number of benzene rings is 1. The summed E-state index contributed by atoms with van der Waals surface area (Å²) >= 11 is 0. The van der Waals surface area contributed by atoms with E-state index in [4.69, 9.17) is 19.9 Å². The Kier molecular flexibility index (Phi) is 6.08. The predicted octanol–water partition coefficient (Wildman–Crippen LogP) is 0.612. The van der Waals surface area contributed by atoms with E-state index in [0.717, 1.165) is 6.42 Å². The fourth-order valence-electron chi connectivity index (χ4n) is 3.17. The first kappa shape index (κ1) is 18.6. The second-order valence-electron chi connectivity index (χ2n) is 6.37. The molecule has 0 spiro atoms. The zero-order valence-corrected chi connectivity index (χ0v) is 14.9. The lowest BCUT2D eigenvalue weighted by Gasteiger charge is -2.27. The van der Waals surface area contributed by atoms with Crippen LogP contribution in [-0.2, 0) is 14.3 Å². The first-order valence-corrected chi connectivity index (χ1v) is 8.84. The number of nitrogens with one attached hydrogen (secondary N) is 1. The Hall–Kier alpha value is -2.16. The van der Waals surface area contributed by atoms with E-state index in [-0.39, 0.29) is 17.9 Å². The number of hydrogen-bond acceptors (Lipinski definition) is 6. The molecule has 2 saturated heterocycles. The van der Waals surface area contributed by atoms with Gasteiger partial charge in [0.2, 0.25) is 0 Å². The highest BCUT2D eigenvalue weighted by Crippen LogP contribution is 2.28.